The lowest BCUT2D eigenvalue weighted by atomic mass is 9.87. The summed E-state index contributed by atoms with van der Waals surface area (Å²) in [5.74, 6) is -0.630. The molecule has 1 aromatic rings. The minimum absolute atomic E-state index is 0.152. The van der Waals surface area contributed by atoms with Crippen molar-refractivity contribution in [2.75, 3.05) is 27.3 Å². The lowest BCUT2D eigenvalue weighted by Crippen LogP contribution is -2.43. The molecule has 0 bridgehead atoms. The summed E-state index contributed by atoms with van der Waals surface area (Å²) in [6, 6.07) is 4.80. The molecule has 7 heteroatoms. The van der Waals surface area contributed by atoms with Gasteiger partial charge < -0.3 is 19.5 Å². The summed E-state index contributed by atoms with van der Waals surface area (Å²) in [7, 11) is 2.69. The predicted molar refractivity (Wildman–Crippen MR) is 76.2 cm³/mol. The molecule has 1 heterocycles. The van der Waals surface area contributed by atoms with Crippen LogP contribution in [0.3, 0.4) is 0 Å². The molecule has 0 aromatic heterocycles. The Kier molecular flexibility index (Phi) is 4.85. The first-order valence-corrected chi connectivity index (χ1v) is 6.86. The van der Waals surface area contributed by atoms with Crippen molar-refractivity contribution in [1.82, 2.24) is 4.90 Å². The number of carbonyl (C=O) groups excluding carboxylic acids is 1. The Labute approximate surface area is 127 Å². The van der Waals surface area contributed by atoms with Crippen molar-refractivity contribution in [1.29, 1.82) is 0 Å². The van der Waals surface area contributed by atoms with Crippen LogP contribution in [0.2, 0.25) is 0 Å². The Bertz CT molecular complexity index is 577. The van der Waals surface area contributed by atoms with E-state index in [0.29, 0.717) is 17.7 Å². The topological polar surface area (TPSA) is 76.1 Å². The third-order valence-corrected chi connectivity index (χ3v) is 3.87. The lowest BCUT2D eigenvalue weighted by Gasteiger charge is -2.33. The van der Waals surface area contributed by atoms with Gasteiger partial charge in [-0.05, 0) is 24.1 Å². The summed E-state index contributed by atoms with van der Waals surface area (Å²) in [6.07, 6.45) is -2.02. The summed E-state index contributed by atoms with van der Waals surface area (Å²) in [4.78, 5) is 23.6. The zero-order chi connectivity index (χ0) is 16.3. The fraction of sp³-hybridized carbons (Fsp3) is 0.467. The molecule has 2 unspecified atom stereocenters. The van der Waals surface area contributed by atoms with Crippen LogP contribution < -0.4 is 4.74 Å². The number of likely N-dealkylation sites (tertiary alicyclic amines) is 1. The molecule has 0 radical (unpaired) electrons. The van der Waals surface area contributed by atoms with Crippen LogP contribution in [0.1, 0.15) is 28.3 Å². The largest absolute Gasteiger partial charge is 0.496 e. The number of methoxy groups -OCH3 is 2. The fourth-order valence-corrected chi connectivity index (χ4v) is 2.67. The third kappa shape index (κ3) is 3.13. The van der Waals surface area contributed by atoms with Crippen molar-refractivity contribution < 1.29 is 28.6 Å². The van der Waals surface area contributed by atoms with Crippen LogP contribution in [0.4, 0.5) is 9.18 Å². The number of carboxylic acid groups (broad SMARTS) is 1. The molecule has 0 spiro atoms. The zero-order valence-corrected chi connectivity index (χ0v) is 12.4. The summed E-state index contributed by atoms with van der Waals surface area (Å²) < 4.78 is 24.1. The standard InChI is InChI=1S/C15H18FNO5/c1-21-13-7-9(3-4-11(13)14(18)22-2)10-5-6-17(15(19)20)8-12(10)16/h3-4,7,10,12H,5-6,8H2,1-2H3,(H,19,20). The number of rotatable bonds is 3. The van der Waals surface area contributed by atoms with Gasteiger partial charge in [-0.1, -0.05) is 6.07 Å². The van der Waals surface area contributed by atoms with E-state index in [4.69, 9.17) is 9.84 Å². The first kappa shape index (κ1) is 16.1. The maximum Gasteiger partial charge on any atom is 0.407 e. The molecule has 1 aliphatic rings. The number of benzene rings is 1. The molecule has 0 aliphatic carbocycles. The Morgan fingerprint density at radius 2 is 2.09 bits per heavy atom. The van der Waals surface area contributed by atoms with Gasteiger partial charge >= 0.3 is 12.1 Å². The van der Waals surface area contributed by atoms with Crippen molar-refractivity contribution >= 4 is 12.1 Å². The second-order valence-electron chi connectivity index (χ2n) is 5.09. The summed E-state index contributed by atoms with van der Waals surface area (Å²) in [6.45, 7) is 0.128. The van der Waals surface area contributed by atoms with E-state index in [-0.39, 0.29) is 18.7 Å². The number of nitrogens with zero attached hydrogens (tertiary/aromatic N) is 1. The second-order valence-corrected chi connectivity index (χ2v) is 5.09. The first-order chi connectivity index (χ1) is 10.5. The molecular weight excluding hydrogens is 293 g/mol. The predicted octanol–water partition coefficient (Wildman–Crippen LogP) is 2.29. The van der Waals surface area contributed by atoms with Gasteiger partial charge in [0.1, 0.15) is 17.5 Å². The van der Waals surface area contributed by atoms with E-state index < -0.39 is 24.2 Å². The van der Waals surface area contributed by atoms with Gasteiger partial charge in [0.05, 0.1) is 20.8 Å². The van der Waals surface area contributed by atoms with E-state index in [1.54, 1.807) is 12.1 Å². The van der Waals surface area contributed by atoms with Gasteiger partial charge in [0.15, 0.2) is 0 Å². The number of esters is 1. The summed E-state index contributed by atoms with van der Waals surface area (Å²) >= 11 is 0. The number of alkyl halides is 1. The van der Waals surface area contributed by atoms with E-state index in [2.05, 4.69) is 4.74 Å². The second kappa shape index (κ2) is 6.64. The number of ether oxygens (including phenoxy) is 2. The molecule has 1 saturated heterocycles. The Morgan fingerprint density at radius 3 is 2.64 bits per heavy atom. The third-order valence-electron chi connectivity index (χ3n) is 3.87. The van der Waals surface area contributed by atoms with Gasteiger partial charge in [-0.2, -0.15) is 0 Å². The smallest absolute Gasteiger partial charge is 0.407 e. The van der Waals surface area contributed by atoms with Crippen LogP contribution in [0, 0.1) is 0 Å². The lowest BCUT2D eigenvalue weighted by molar-refractivity contribution is 0.0596. The molecule has 1 aliphatic heterocycles. The number of hydrogen-bond donors (Lipinski definition) is 1. The molecule has 120 valence electrons. The van der Waals surface area contributed by atoms with Crippen LogP contribution in [-0.2, 0) is 4.74 Å². The average molecular weight is 311 g/mol. The first-order valence-electron chi connectivity index (χ1n) is 6.86. The van der Waals surface area contributed by atoms with Gasteiger partial charge in [-0.25, -0.2) is 14.0 Å². The molecule has 2 rings (SSSR count). The molecule has 22 heavy (non-hydrogen) atoms. The van der Waals surface area contributed by atoms with E-state index in [0.717, 1.165) is 4.90 Å². The SMILES string of the molecule is COC(=O)c1ccc(C2CCN(C(=O)O)CC2F)cc1OC. The molecule has 1 N–H and O–H groups in total. The molecular formula is C15H18FNO5. The van der Waals surface area contributed by atoms with Gasteiger partial charge in [0, 0.05) is 12.5 Å². The van der Waals surface area contributed by atoms with Crippen molar-refractivity contribution in [2.24, 2.45) is 0 Å². The van der Waals surface area contributed by atoms with Gasteiger partial charge in [0.2, 0.25) is 0 Å². The number of halogens is 1. The van der Waals surface area contributed by atoms with Gasteiger partial charge in [-0.3, -0.25) is 0 Å². The number of hydrogen-bond acceptors (Lipinski definition) is 4. The number of carbonyl (C=O) groups is 2. The molecule has 1 aromatic carbocycles. The van der Waals surface area contributed by atoms with E-state index in [1.807, 2.05) is 0 Å². The van der Waals surface area contributed by atoms with E-state index >= 15 is 0 Å². The monoisotopic (exact) mass is 311 g/mol. The normalized spacial score (nSPS) is 21.3. The molecule has 2 atom stereocenters. The van der Waals surface area contributed by atoms with Crippen molar-refractivity contribution in [3.05, 3.63) is 29.3 Å². The highest BCUT2D eigenvalue weighted by molar-refractivity contribution is 5.92. The van der Waals surface area contributed by atoms with Gasteiger partial charge in [-0.15, -0.1) is 0 Å². The Balaban J connectivity index is 2.23. The fourth-order valence-electron chi connectivity index (χ4n) is 2.67. The number of piperidine rings is 1. The molecule has 6 nitrogen and oxygen atoms in total. The van der Waals surface area contributed by atoms with Crippen LogP contribution in [0.15, 0.2) is 18.2 Å². The minimum atomic E-state index is -1.29. The van der Waals surface area contributed by atoms with Gasteiger partial charge in [0.25, 0.3) is 0 Å². The van der Waals surface area contributed by atoms with Crippen molar-refractivity contribution in [2.45, 2.75) is 18.5 Å². The quantitative estimate of drug-likeness (QED) is 0.867. The number of amides is 1. The van der Waals surface area contributed by atoms with Crippen LogP contribution >= 0.6 is 0 Å². The van der Waals surface area contributed by atoms with Crippen LogP contribution in [-0.4, -0.2) is 55.5 Å². The van der Waals surface area contributed by atoms with Crippen LogP contribution in [0.5, 0.6) is 5.75 Å². The van der Waals surface area contributed by atoms with E-state index in [9.17, 15) is 14.0 Å². The molecule has 1 amide bonds. The Morgan fingerprint density at radius 1 is 1.36 bits per heavy atom. The minimum Gasteiger partial charge on any atom is -0.496 e. The molecule has 1 fully saturated rings. The van der Waals surface area contributed by atoms with Crippen LogP contribution in [0.25, 0.3) is 0 Å². The Hall–Kier alpha value is -2.31. The maximum atomic E-state index is 14.3. The zero-order valence-electron chi connectivity index (χ0n) is 12.4. The highest BCUT2D eigenvalue weighted by atomic mass is 19.1. The average Bonchev–Trinajstić information content (AvgIpc) is 2.53. The highest BCUT2D eigenvalue weighted by Crippen LogP contribution is 2.33. The summed E-state index contributed by atoms with van der Waals surface area (Å²) in [5.41, 5.74) is 0.953. The highest BCUT2D eigenvalue weighted by Gasteiger charge is 2.33. The summed E-state index contributed by atoms with van der Waals surface area (Å²) in [5, 5.41) is 8.91. The van der Waals surface area contributed by atoms with Crippen molar-refractivity contribution in [3.8, 4) is 5.75 Å². The van der Waals surface area contributed by atoms with Crippen molar-refractivity contribution in [3.63, 3.8) is 0 Å². The maximum absolute atomic E-state index is 14.3. The molecule has 0 saturated carbocycles. The van der Waals surface area contributed by atoms with E-state index in [1.165, 1.54) is 20.3 Å².